The Balaban J connectivity index is 1.97. The van der Waals surface area contributed by atoms with Crippen LogP contribution in [-0.2, 0) is 20.7 Å². The molecule has 26 heavy (non-hydrogen) atoms. The van der Waals surface area contributed by atoms with E-state index in [1.54, 1.807) is 6.07 Å². The van der Waals surface area contributed by atoms with Gasteiger partial charge in [0.15, 0.2) is 0 Å². The van der Waals surface area contributed by atoms with Gasteiger partial charge in [-0.15, -0.1) is 0 Å². The summed E-state index contributed by atoms with van der Waals surface area (Å²) < 4.78 is 4.48. The first-order valence-electron chi connectivity index (χ1n) is 8.09. The predicted octanol–water partition coefficient (Wildman–Crippen LogP) is 3.00. The fourth-order valence-corrected chi connectivity index (χ4v) is 2.15. The number of benzene rings is 2. The molecule has 0 spiro atoms. The van der Waals surface area contributed by atoms with Crippen LogP contribution in [0.2, 0.25) is 0 Å². The fourth-order valence-electron chi connectivity index (χ4n) is 2.15. The molecule has 7 nitrogen and oxygen atoms in total. The lowest BCUT2D eigenvalue weighted by atomic mass is 10.1. The van der Waals surface area contributed by atoms with Gasteiger partial charge in [0, 0.05) is 19.8 Å². The zero-order chi connectivity index (χ0) is 18.9. The average Bonchev–Trinajstić information content (AvgIpc) is 2.65. The van der Waals surface area contributed by atoms with Crippen molar-refractivity contribution in [3.63, 3.8) is 0 Å². The molecular formula is C19H22N4O3. The van der Waals surface area contributed by atoms with Gasteiger partial charge in [-0.05, 0) is 42.0 Å². The van der Waals surface area contributed by atoms with Crippen molar-refractivity contribution in [3.05, 3.63) is 54.1 Å². The number of nitrogens with one attached hydrogen (secondary N) is 1. The van der Waals surface area contributed by atoms with E-state index in [9.17, 15) is 9.59 Å². The first kappa shape index (κ1) is 19.1. The Hall–Kier alpha value is -3.22. The summed E-state index contributed by atoms with van der Waals surface area (Å²) >= 11 is 0. The van der Waals surface area contributed by atoms with Gasteiger partial charge in [0.2, 0.25) is 5.91 Å². The number of anilines is 1. The molecule has 0 unspecified atom stereocenters. The molecule has 0 aliphatic rings. The second kappa shape index (κ2) is 9.31. The Kier molecular flexibility index (Phi) is 6.84. The lowest BCUT2D eigenvalue weighted by Gasteiger charge is -2.11. The van der Waals surface area contributed by atoms with Crippen LogP contribution in [0, 0.1) is 0 Å². The molecule has 136 valence electrons. The number of carbonyl (C=O) groups is 2. The van der Waals surface area contributed by atoms with E-state index in [1.807, 2.05) is 61.5 Å². The summed E-state index contributed by atoms with van der Waals surface area (Å²) in [5.41, 5.74) is 3.27. The predicted molar refractivity (Wildman–Crippen MR) is 100 cm³/mol. The molecule has 0 saturated carbocycles. The van der Waals surface area contributed by atoms with Gasteiger partial charge < -0.3 is 15.0 Å². The topological polar surface area (TPSA) is 83.4 Å². The summed E-state index contributed by atoms with van der Waals surface area (Å²) in [6, 6.07) is 15.0. The van der Waals surface area contributed by atoms with Gasteiger partial charge in [-0.25, -0.2) is 0 Å². The maximum absolute atomic E-state index is 11.8. The maximum atomic E-state index is 11.8. The molecule has 0 aliphatic carbocycles. The number of nitrogens with zero attached hydrogens (tertiary/aromatic N) is 3. The van der Waals surface area contributed by atoms with E-state index >= 15 is 0 Å². The van der Waals surface area contributed by atoms with Crippen molar-refractivity contribution < 1.29 is 14.3 Å². The lowest BCUT2D eigenvalue weighted by Crippen LogP contribution is -2.31. The van der Waals surface area contributed by atoms with Crippen molar-refractivity contribution in [1.29, 1.82) is 0 Å². The number of hydrogen-bond donors (Lipinski definition) is 1. The van der Waals surface area contributed by atoms with Crippen LogP contribution in [0.15, 0.2) is 58.8 Å². The molecule has 1 amide bonds. The summed E-state index contributed by atoms with van der Waals surface area (Å²) in [7, 11) is 5.23. The zero-order valence-electron chi connectivity index (χ0n) is 15.1. The minimum atomic E-state index is -0.485. The summed E-state index contributed by atoms with van der Waals surface area (Å²) in [5, 5.41) is 10.9. The molecule has 2 aromatic carbocycles. The van der Waals surface area contributed by atoms with Crippen molar-refractivity contribution in [2.45, 2.75) is 6.42 Å². The van der Waals surface area contributed by atoms with Gasteiger partial charge in [-0.1, -0.05) is 12.1 Å². The van der Waals surface area contributed by atoms with Gasteiger partial charge in [-0.2, -0.15) is 10.2 Å². The van der Waals surface area contributed by atoms with Crippen LogP contribution in [-0.4, -0.2) is 39.6 Å². The zero-order valence-corrected chi connectivity index (χ0v) is 15.1. The molecule has 0 radical (unpaired) electrons. The van der Waals surface area contributed by atoms with Crippen LogP contribution in [0.3, 0.4) is 0 Å². The van der Waals surface area contributed by atoms with E-state index in [1.165, 1.54) is 7.11 Å². The van der Waals surface area contributed by atoms with E-state index in [4.69, 9.17) is 0 Å². The molecule has 2 rings (SSSR count). The Morgan fingerprint density at radius 2 is 1.73 bits per heavy atom. The van der Waals surface area contributed by atoms with Gasteiger partial charge >= 0.3 is 5.97 Å². The Bertz CT molecular complexity index is 786. The minimum absolute atomic E-state index is 0.141. The number of rotatable bonds is 7. The lowest BCUT2D eigenvalue weighted by molar-refractivity contribution is -0.141. The van der Waals surface area contributed by atoms with Crippen LogP contribution in [0.1, 0.15) is 5.56 Å². The molecule has 1 N–H and O–H groups in total. The van der Waals surface area contributed by atoms with Crippen LogP contribution in [0.4, 0.5) is 17.1 Å². The summed E-state index contributed by atoms with van der Waals surface area (Å²) in [6.07, 6.45) is 0.151. The summed E-state index contributed by atoms with van der Waals surface area (Å²) in [5.74, 6) is -0.745. The molecule has 0 bridgehead atoms. The molecule has 0 heterocycles. The Morgan fingerprint density at radius 3 is 2.38 bits per heavy atom. The second-order valence-electron chi connectivity index (χ2n) is 5.81. The minimum Gasteiger partial charge on any atom is -0.468 e. The molecule has 0 saturated heterocycles. The highest BCUT2D eigenvalue weighted by Gasteiger charge is 2.07. The third-order valence-electron chi connectivity index (χ3n) is 3.58. The standard InChI is InChI=1S/C19H22N4O3/c1-23(2)17-9-7-15(8-10-17)21-22-16-6-4-5-14(11-16)12-18(24)20-13-19(25)26-3/h4-11H,12-13H2,1-3H3,(H,20,24). The van der Waals surface area contributed by atoms with Crippen molar-refractivity contribution in [3.8, 4) is 0 Å². The average molecular weight is 354 g/mol. The first-order chi connectivity index (χ1) is 12.5. The Labute approximate surface area is 152 Å². The Morgan fingerprint density at radius 1 is 1.04 bits per heavy atom. The summed E-state index contributed by atoms with van der Waals surface area (Å²) in [4.78, 5) is 24.9. The van der Waals surface area contributed by atoms with Crippen LogP contribution >= 0.6 is 0 Å². The van der Waals surface area contributed by atoms with Crippen molar-refractivity contribution >= 4 is 28.9 Å². The molecule has 0 fully saturated rings. The van der Waals surface area contributed by atoms with E-state index in [0.29, 0.717) is 5.69 Å². The molecule has 0 aromatic heterocycles. The van der Waals surface area contributed by atoms with Crippen molar-refractivity contribution in [2.75, 3.05) is 32.6 Å². The highest BCUT2D eigenvalue weighted by atomic mass is 16.5. The molecule has 2 aromatic rings. The smallest absolute Gasteiger partial charge is 0.325 e. The van der Waals surface area contributed by atoms with Gasteiger partial charge in [0.25, 0.3) is 0 Å². The largest absolute Gasteiger partial charge is 0.468 e. The highest BCUT2D eigenvalue weighted by molar-refractivity contribution is 5.83. The van der Waals surface area contributed by atoms with Crippen LogP contribution < -0.4 is 10.2 Å². The molecule has 0 atom stereocenters. The highest BCUT2D eigenvalue weighted by Crippen LogP contribution is 2.22. The van der Waals surface area contributed by atoms with Gasteiger partial charge in [-0.3, -0.25) is 9.59 Å². The van der Waals surface area contributed by atoms with E-state index < -0.39 is 5.97 Å². The number of azo groups is 1. The van der Waals surface area contributed by atoms with Gasteiger partial charge in [0.05, 0.1) is 24.9 Å². The number of esters is 1. The second-order valence-corrected chi connectivity index (χ2v) is 5.81. The molecule has 0 aliphatic heterocycles. The number of carbonyl (C=O) groups excluding carboxylic acids is 2. The number of methoxy groups -OCH3 is 1. The quantitative estimate of drug-likeness (QED) is 0.612. The number of amides is 1. The fraction of sp³-hybridized carbons (Fsp3) is 0.263. The van der Waals surface area contributed by atoms with Crippen LogP contribution in [0.25, 0.3) is 0 Å². The van der Waals surface area contributed by atoms with E-state index in [-0.39, 0.29) is 18.9 Å². The van der Waals surface area contributed by atoms with Crippen LogP contribution in [0.5, 0.6) is 0 Å². The summed E-state index contributed by atoms with van der Waals surface area (Å²) in [6.45, 7) is -0.141. The molecular weight excluding hydrogens is 332 g/mol. The normalized spacial score (nSPS) is 10.6. The first-order valence-corrected chi connectivity index (χ1v) is 8.09. The van der Waals surface area contributed by atoms with Gasteiger partial charge in [0.1, 0.15) is 6.54 Å². The SMILES string of the molecule is COC(=O)CNC(=O)Cc1cccc(N=Nc2ccc(N(C)C)cc2)c1. The number of hydrogen-bond acceptors (Lipinski definition) is 6. The van der Waals surface area contributed by atoms with Crippen molar-refractivity contribution in [1.82, 2.24) is 5.32 Å². The molecule has 7 heteroatoms. The number of ether oxygens (including phenoxy) is 1. The van der Waals surface area contributed by atoms with E-state index in [2.05, 4.69) is 20.3 Å². The van der Waals surface area contributed by atoms with Crippen molar-refractivity contribution in [2.24, 2.45) is 10.2 Å². The monoisotopic (exact) mass is 354 g/mol. The third kappa shape index (κ3) is 6.01. The van der Waals surface area contributed by atoms with E-state index in [0.717, 1.165) is 16.9 Å². The third-order valence-corrected chi connectivity index (χ3v) is 3.58. The maximum Gasteiger partial charge on any atom is 0.325 e.